The van der Waals surface area contributed by atoms with E-state index in [2.05, 4.69) is 20.9 Å². The number of amides is 1. The van der Waals surface area contributed by atoms with Gasteiger partial charge in [0.1, 0.15) is 12.1 Å². The lowest BCUT2D eigenvalue weighted by Gasteiger charge is -2.24. The van der Waals surface area contributed by atoms with E-state index in [-0.39, 0.29) is 5.91 Å². The fraction of sp³-hybridized carbons (Fsp3) is 0.643. The van der Waals surface area contributed by atoms with Gasteiger partial charge in [-0.1, -0.05) is 0 Å². The fourth-order valence-corrected chi connectivity index (χ4v) is 2.66. The summed E-state index contributed by atoms with van der Waals surface area (Å²) in [6.45, 7) is 3.46. The third-order valence-corrected chi connectivity index (χ3v) is 4.20. The van der Waals surface area contributed by atoms with Crippen molar-refractivity contribution >= 4 is 11.7 Å². The van der Waals surface area contributed by atoms with Gasteiger partial charge in [0.05, 0.1) is 6.04 Å². The monoisotopic (exact) mass is 260 g/mol. The molecule has 0 N–H and O–H groups in total. The van der Waals surface area contributed by atoms with Gasteiger partial charge >= 0.3 is 0 Å². The highest BCUT2D eigenvalue weighted by molar-refractivity contribution is 5.73. The van der Waals surface area contributed by atoms with E-state index in [1.54, 1.807) is 13.3 Å². The first-order chi connectivity index (χ1) is 9.15. The minimum absolute atomic E-state index is 0.133. The Balaban J connectivity index is 1.70. The predicted molar refractivity (Wildman–Crippen MR) is 73.1 cm³/mol. The van der Waals surface area contributed by atoms with Gasteiger partial charge in [-0.05, 0) is 19.3 Å². The topological polar surface area (TPSA) is 49.3 Å². The van der Waals surface area contributed by atoms with Crippen LogP contribution in [0.25, 0.3) is 0 Å². The van der Waals surface area contributed by atoms with Gasteiger partial charge in [0.15, 0.2) is 0 Å². The smallest absolute Gasteiger partial charge is 0.219 e. The number of likely N-dealkylation sites (N-methyl/N-ethyl adjacent to an activating group) is 1. The zero-order valence-electron chi connectivity index (χ0n) is 11.5. The van der Waals surface area contributed by atoms with Crippen molar-refractivity contribution in [2.45, 2.75) is 38.1 Å². The SMILES string of the molecule is CC(=O)N(C)C1CCN(c2cc(C3CC3)ncn2)C1. The van der Waals surface area contributed by atoms with E-state index in [1.165, 1.54) is 18.5 Å². The highest BCUT2D eigenvalue weighted by Gasteiger charge is 2.29. The van der Waals surface area contributed by atoms with Gasteiger partial charge in [0.2, 0.25) is 5.91 Å². The molecule has 0 spiro atoms. The summed E-state index contributed by atoms with van der Waals surface area (Å²) in [6.07, 6.45) is 5.20. The predicted octanol–water partition coefficient (Wildman–Crippen LogP) is 1.41. The Hall–Kier alpha value is -1.65. The molecule has 0 radical (unpaired) electrons. The van der Waals surface area contributed by atoms with Crippen LogP contribution in [0.5, 0.6) is 0 Å². The normalized spacial score (nSPS) is 22.6. The highest BCUT2D eigenvalue weighted by atomic mass is 16.2. The van der Waals surface area contributed by atoms with Crippen LogP contribution in [-0.4, -0.2) is 47.0 Å². The van der Waals surface area contributed by atoms with Crippen LogP contribution in [0.1, 0.15) is 37.8 Å². The second-order valence-electron chi connectivity index (χ2n) is 5.59. The van der Waals surface area contributed by atoms with E-state index < -0.39 is 0 Å². The number of aromatic nitrogens is 2. The summed E-state index contributed by atoms with van der Waals surface area (Å²) in [7, 11) is 1.88. The van der Waals surface area contributed by atoms with Crippen LogP contribution in [0.15, 0.2) is 12.4 Å². The molecular weight excluding hydrogens is 240 g/mol. The van der Waals surface area contributed by atoms with Crippen molar-refractivity contribution in [3.8, 4) is 0 Å². The molecule has 102 valence electrons. The zero-order chi connectivity index (χ0) is 13.4. The van der Waals surface area contributed by atoms with E-state index in [0.717, 1.165) is 25.3 Å². The number of carbonyl (C=O) groups excluding carboxylic acids is 1. The first kappa shape index (κ1) is 12.4. The Morgan fingerprint density at radius 2 is 2.16 bits per heavy atom. The summed E-state index contributed by atoms with van der Waals surface area (Å²) in [6, 6.07) is 2.42. The molecule has 2 aliphatic rings. The van der Waals surface area contributed by atoms with Crippen LogP contribution >= 0.6 is 0 Å². The molecule has 0 bridgehead atoms. The summed E-state index contributed by atoms with van der Waals surface area (Å²) >= 11 is 0. The maximum Gasteiger partial charge on any atom is 0.219 e. The molecular formula is C14H20N4O. The molecule has 5 nitrogen and oxygen atoms in total. The van der Waals surface area contributed by atoms with E-state index in [0.29, 0.717) is 12.0 Å². The van der Waals surface area contributed by atoms with E-state index in [1.807, 2.05) is 11.9 Å². The van der Waals surface area contributed by atoms with Crippen molar-refractivity contribution in [2.75, 3.05) is 25.0 Å². The maximum atomic E-state index is 11.4. The third kappa shape index (κ3) is 2.55. The minimum atomic E-state index is 0.133. The number of nitrogens with zero attached hydrogens (tertiary/aromatic N) is 4. The first-order valence-corrected chi connectivity index (χ1v) is 6.95. The molecule has 1 aromatic heterocycles. The molecule has 2 heterocycles. The van der Waals surface area contributed by atoms with Crippen LogP contribution in [0.2, 0.25) is 0 Å². The molecule has 1 aromatic rings. The number of hydrogen-bond acceptors (Lipinski definition) is 4. The molecule has 1 atom stereocenters. The first-order valence-electron chi connectivity index (χ1n) is 6.95. The molecule has 3 rings (SSSR count). The molecule has 1 amide bonds. The van der Waals surface area contributed by atoms with Crippen LogP contribution in [0.3, 0.4) is 0 Å². The van der Waals surface area contributed by atoms with Crippen molar-refractivity contribution < 1.29 is 4.79 Å². The van der Waals surface area contributed by atoms with Crippen LogP contribution in [-0.2, 0) is 4.79 Å². The number of carbonyl (C=O) groups is 1. The number of rotatable bonds is 3. The van der Waals surface area contributed by atoms with E-state index >= 15 is 0 Å². The Labute approximate surface area is 113 Å². The molecule has 5 heteroatoms. The number of anilines is 1. The number of hydrogen-bond donors (Lipinski definition) is 0. The molecule has 1 aliphatic carbocycles. The van der Waals surface area contributed by atoms with Gasteiger partial charge in [-0.2, -0.15) is 0 Å². The fourth-order valence-electron chi connectivity index (χ4n) is 2.66. The lowest BCUT2D eigenvalue weighted by molar-refractivity contribution is -0.129. The van der Waals surface area contributed by atoms with Gasteiger partial charge in [-0.15, -0.1) is 0 Å². The van der Waals surface area contributed by atoms with Crippen molar-refractivity contribution in [1.29, 1.82) is 0 Å². The molecule has 0 aromatic carbocycles. The Kier molecular flexibility index (Phi) is 3.12. The van der Waals surface area contributed by atoms with Crippen LogP contribution in [0, 0.1) is 0 Å². The molecule has 1 aliphatic heterocycles. The highest BCUT2D eigenvalue weighted by Crippen LogP contribution is 2.39. The van der Waals surface area contributed by atoms with Gasteiger partial charge in [-0.25, -0.2) is 9.97 Å². The molecule has 1 saturated heterocycles. The summed E-state index contributed by atoms with van der Waals surface area (Å²) in [4.78, 5) is 24.2. The zero-order valence-corrected chi connectivity index (χ0v) is 11.5. The lowest BCUT2D eigenvalue weighted by atomic mass is 10.2. The van der Waals surface area contributed by atoms with Crippen molar-refractivity contribution in [3.63, 3.8) is 0 Å². The summed E-state index contributed by atoms with van der Waals surface area (Å²) in [5.41, 5.74) is 1.17. The summed E-state index contributed by atoms with van der Waals surface area (Å²) in [5.74, 6) is 1.80. The van der Waals surface area contributed by atoms with Gasteiger partial charge in [0.25, 0.3) is 0 Å². The molecule has 1 saturated carbocycles. The van der Waals surface area contributed by atoms with Crippen LogP contribution in [0.4, 0.5) is 5.82 Å². The Morgan fingerprint density at radius 3 is 2.84 bits per heavy atom. The minimum Gasteiger partial charge on any atom is -0.354 e. The van der Waals surface area contributed by atoms with E-state index in [9.17, 15) is 4.79 Å². The second-order valence-corrected chi connectivity index (χ2v) is 5.59. The third-order valence-electron chi connectivity index (χ3n) is 4.20. The second kappa shape index (κ2) is 4.79. The van der Waals surface area contributed by atoms with Crippen molar-refractivity contribution in [3.05, 3.63) is 18.1 Å². The average Bonchev–Trinajstić information content (AvgIpc) is 3.15. The van der Waals surface area contributed by atoms with Gasteiger partial charge in [0, 0.05) is 44.7 Å². The van der Waals surface area contributed by atoms with Gasteiger partial charge in [-0.3, -0.25) is 4.79 Å². The average molecular weight is 260 g/mol. The Morgan fingerprint density at radius 1 is 1.37 bits per heavy atom. The quantitative estimate of drug-likeness (QED) is 0.824. The molecule has 1 unspecified atom stereocenters. The van der Waals surface area contributed by atoms with Crippen molar-refractivity contribution in [1.82, 2.24) is 14.9 Å². The summed E-state index contributed by atoms with van der Waals surface area (Å²) < 4.78 is 0. The van der Waals surface area contributed by atoms with Gasteiger partial charge < -0.3 is 9.80 Å². The Bertz CT molecular complexity index is 486. The largest absolute Gasteiger partial charge is 0.354 e. The molecule has 19 heavy (non-hydrogen) atoms. The summed E-state index contributed by atoms with van der Waals surface area (Å²) in [5, 5.41) is 0. The van der Waals surface area contributed by atoms with E-state index in [4.69, 9.17) is 0 Å². The van der Waals surface area contributed by atoms with Crippen molar-refractivity contribution in [2.24, 2.45) is 0 Å². The standard InChI is InChI=1S/C14H20N4O/c1-10(19)17(2)12-5-6-18(8-12)14-7-13(11-3-4-11)15-9-16-14/h7,9,11-12H,3-6,8H2,1-2H3. The molecule has 2 fully saturated rings. The maximum absolute atomic E-state index is 11.4. The lowest BCUT2D eigenvalue weighted by Crippen LogP contribution is -2.37. The van der Waals surface area contributed by atoms with Crippen LogP contribution < -0.4 is 4.90 Å².